The number of alkyl halides is 2. The van der Waals surface area contributed by atoms with Crippen molar-refractivity contribution in [2.24, 2.45) is 0 Å². The van der Waals surface area contributed by atoms with E-state index in [0.717, 1.165) is 11.3 Å². The van der Waals surface area contributed by atoms with E-state index in [9.17, 15) is 18.0 Å². The molecule has 0 aliphatic rings. The molecule has 35 heavy (non-hydrogen) atoms. The molecule has 0 bridgehead atoms. The van der Waals surface area contributed by atoms with Crippen LogP contribution in [0.5, 0.6) is 11.5 Å². The van der Waals surface area contributed by atoms with Crippen molar-refractivity contribution in [2.45, 2.75) is 32.2 Å². The van der Waals surface area contributed by atoms with Crippen molar-refractivity contribution in [3.63, 3.8) is 0 Å². The topological polar surface area (TPSA) is 67.8 Å². The van der Waals surface area contributed by atoms with Crippen molar-refractivity contribution in [1.29, 1.82) is 0 Å². The Balaban J connectivity index is 1.70. The van der Waals surface area contributed by atoms with Gasteiger partial charge in [-0.3, -0.25) is 4.79 Å². The number of aryl methyl sites for hydroxylation is 1. The number of benzene rings is 3. The maximum absolute atomic E-state index is 14.1. The highest BCUT2D eigenvalue weighted by atomic mass is 19.3. The highest BCUT2D eigenvalue weighted by Gasteiger charge is 2.14. The third-order valence-electron chi connectivity index (χ3n) is 5.58. The van der Waals surface area contributed by atoms with Crippen molar-refractivity contribution in [1.82, 2.24) is 5.32 Å². The van der Waals surface area contributed by atoms with Crippen molar-refractivity contribution < 1.29 is 32.5 Å². The van der Waals surface area contributed by atoms with E-state index in [4.69, 9.17) is 14.6 Å². The summed E-state index contributed by atoms with van der Waals surface area (Å²) in [7, 11) is 1.61. The second kappa shape index (κ2) is 12.3. The van der Waals surface area contributed by atoms with Gasteiger partial charge < -0.3 is 19.9 Å². The van der Waals surface area contributed by atoms with E-state index < -0.39 is 18.2 Å². The molecule has 8 heteroatoms. The van der Waals surface area contributed by atoms with E-state index in [1.54, 1.807) is 13.2 Å². The van der Waals surface area contributed by atoms with Crippen molar-refractivity contribution in [3.05, 3.63) is 83.2 Å². The molecule has 0 fully saturated rings. The fourth-order valence-electron chi connectivity index (χ4n) is 3.66. The van der Waals surface area contributed by atoms with E-state index in [0.29, 0.717) is 17.7 Å². The molecule has 0 heterocycles. The standard InChI is InChI=1S/C27H28F3NO4/c1-17(18-4-3-5-23(14-18)34-2)31-10-11-35-24-15-21(13-22(16-24)27(29)30)19-6-8-25(28)20(12-19)7-9-26(32)33/h3-6,8,12-17,27,31H,7,9-11H2,1-2H3,(H,32,33). The number of nitrogens with one attached hydrogen (secondary N) is 1. The SMILES string of the molecule is COc1cccc(C(C)NCCOc2cc(-c3ccc(F)c(CCC(=O)O)c3)cc(C(F)F)c2)c1. The largest absolute Gasteiger partial charge is 0.497 e. The summed E-state index contributed by atoms with van der Waals surface area (Å²) in [6.45, 7) is 2.72. The minimum atomic E-state index is -2.71. The Hall–Kier alpha value is -3.52. The molecule has 2 N–H and O–H groups in total. The first kappa shape index (κ1) is 26.1. The summed E-state index contributed by atoms with van der Waals surface area (Å²) in [6.07, 6.45) is -2.94. The van der Waals surface area contributed by atoms with Gasteiger partial charge in [-0.05, 0) is 78.1 Å². The summed E-state index contributed by atoms with van der Waals surface area (Å²) in [5.41, 5.74) is 1.98. The summed E-state index contributed by atoms with van der Waals surface area (Å²) in [5, 5.41) is 12.2. The number of halogens is 3. The summed E-state index contributed by atoms with van der Waals surface area (Å²) < 4.78 is 52.2. The number of hydrogen-bond acceptors (Lipinski definition) is 4. The van der Waals surface area contributed by atoms with Crippen LogP contribution in [-0.2, 0) is 11.2 Å². The molecule has 0 saturated carbocycles. The molecule has 3 rings (SSSR count). The van der Waals surface area contributed by atoms with Gasteiger partial charge in [0.15, 0.2) is 0 Å². The number of carboxylic acids is 1. The molecule has 3 aromatic carbocycles. The Morgan fingerprint density at radius 3 is 2.49 bits per heavy atom. The second-order valence-corrected chi connectivity index (χ2v) is 8.09. The molecule has 186 valence electrons. The van der Waals surface area contributed by atoms with E-state index in [1.807, 2.05) is 31.2 Å². The van der Waals surface area contributed by atoms with Gasteiger partial charge in [0.2, 0.25) is 0 Å². The zero-order valence-corrected chi connectivity index (χ0v) is 19.6. The molecular weight excluding hydrogens is 459 g/mol. The zero-order chi connectivity index (χ0) is 25.4. The van der Waals surface area contributed by atoms with Gasteiger partial charge >= 0.3 is 5.97 Å². The fourth-order valence-corrected chi connectivity index (χ4v) is 3.66. The number of carbonyl (C=O) groups is 1. The number of carboxylic acid groups (broad SMARTS) is 1. The maximum atomic E-state index is 14.1. The Morgan fingerprint density at radius 1 is 1.00 bits per heavy atom. The maximum Gasteiger partial charge on any atom is 0.303 e. The molecule has 0 spiro atoms. The number of rotatable bonds is 12. The van der Waals surface area contributed by atoms with Gasteiger partial charge in [0.1, 0.15) is 23.9 Å². The van der Waals surface area contributed by atoms with Crippen LogP contribution in [0, 0.1) is 5.82 Å². The molecule has 0 aromatic heterocycles. The summed E-state index contributed by atoms with van der Waals surface area (Å²) in [5.74, 6) is -0.548. The average Bonchev–Trinajstić information content (AvgIpc) is 2.85. The number of aliphatic carboxylic acids is 1. The molecule has 0 aliphatic carbocycles. The first-order chi connectivity index (χ1) is 16.8. The highest BCUT2D eigenvalue weighted by Crippen LogP contribution is 2.32. The molecule has 0 aliphatic heterocycles. The van der Waals surface area contributed by atoms with Crippen molar-refractivity contribution >= 4 is 5.97 Å². The van der Waals surface area contributed by atoms with Crippen LogP contribution in [0.2, 0.25) is 0 Å². The third kappa shape index (κ3) is 7.48. The minimum Gasteiger partial charge on any atom is -0.497 e. The molecule has 0 radical (unpaired) electrons. The first-order valence-electron chi connectivity index (χ1n) is 11.2. The fraction of sp³-hybridized carbons (Fsp3) is 0.296. The van der Waals surface area contributed by atoms with Crippen LogP contribution in [-0.4, -0.2) is 31.3 Å². The van der Waals surface area contributed by atoms with Crippen LogP contribution in [0.1, 0.15) is 42.5 Å². The average molecular weight is 488 g/mol. The Kier molecular flexibility index (Phi) is 9.14. The molecule has 1 atom stereocenters. The Bertz CT molecular complexity index is 1150. The van der Waals surface area contributed by atoms with Crippen LogP contribution < -0.4 is 14.8 Å². The smallest absolute Gasteiger partial charge is 0.303 e. The molecule has 0 amide bonds. The minimum absolute atomic E-state index is 0.00401. The van der Waals surface area contributed by atoms with Gasteiger partial charge in [0.05, 0.1) is 7.11 Å². The van der Waals surface area contributed by atoms with E-state index in [2.05, 4.69) is 5.32 Å². The van der Waals surface area contributed by atoms with Crippen molar-refractivity contribution in [3.8, 4) is 22.6 Å². The lowest BCUT2D eigenvalue weighted by Crippen LogP contribution is -2.24. The predicted octanol–water partition coefficient (Wildman–Crippen LogP) is 6.19. The number of methoxy groups -OCH3 is 1. The molecular formula is C27H28F3NO4. The third-order valence-corrected chi connectivity index (χ3v) is 5.58. The van der Waals surface area contributed by atoms with Gasteiger partial charge in [0, 0.05) is 24.6 Å². The van der Waals surface area contributed by atoms with Crippen molar-refractivity contribution in [2.75, 3.05) is 20.3 Å². The highest BCUT2D eigenvalue weighted by molar-refractivity contribution is 5.69. The van der Waals surface area contributed by atoms with Crippen LogP contribution >= 0.6 is 0 Å². The Morgan fingerprint density at radius 2 is 1.77 bits per heavy atom. The summed E-state index contributed by atoms with van der Waals surface area (Å²) in [4.78, 5) is 10.8. The van der Waals surface area contributed by atoms with Crippen LogP contribution in [0.3, 0.4) is 0 Å². The normalized spacial score (nSPS) is 11.9. The van der Waals surface area contributed by atoms with E-state index >= 15 is 0 Å². The van der Waals surface area contributed by atoms with Gasteiger partial charge in [0.25, 0.3) is 6.43 Å². The monoisotopic (exact) mass is 487 g/mol. The summed E-state index contributed by atoms with van der Waals surface area (Å²) >= 11 is 0. The van der Waals surface area contributed by atoms with Gasteiger partial charge in [-0.15, -0.1) is 0 Å². The van der Waals surface area contributed by atoms with Crippen LogP contribution in [0.15, 0.2) is 60.7 Å². The number of hydrogen-bond donors (Lipinski definition) is 2. The van der Waals surface area contributed by atoms with E-state index in [-0.39, 0.29) is 42.4 Å². The van der Waals surface area contributed by atoms with Gasteiger partial charge in [-0.2, -0.15) is 0 Å². The van der Waals surface area contributed by atoms with Gasteiger partial charge in [-0.1, -0.05) is 18.2 Å². The zero-order valence-electron chi connectivity index (χ0n) is 19.6. The predicted molar refractivity (Wildman–Crippen MR) is 128 cm³/mol. The van der Waals surface area contributed by atoms with Gasteiger partial charge in [-0.25, -0.2) is 13.2 Å². The molecule has 3 aromatic rings. The number of ether oxygens (including phenoxy) is 2. The molecule has 1 unspecified atom stereocenters. The van der Waals surface area contributed by atoms with E-state index in [1.165, 1.54) is 30.3 Å². The van der Waals surface area contributed by atoms with Crippen LogP contribution in [0.4, 0.5) is 13.2 Å². The lowest BCUT2D eigenvalue weighted by molar-refractivity contribution is -0.136. The first-order valence-corrected chi connectivity index (χ1v) is 11.2. The summed E-state index contributed by atoms with van der Waals surface area (Å²) in [6, 6.07) is 16.1. The molecule has 0 saturated heterocycles. The lowest BCUT2D eigenvalue weighted by atomic mass is 9.98. The van der Waals surface area contributed by atoms with Crippen LogP contribution in [0.25, 0.3) is 11.1 Å². The molecule has 5 nitrogen and oxygen atoms in total. The Labute approximate surface area is 202 Å². The lowest BCUT2D eigenvalue weighted by Gasteiger charge is -2.16. The quantitative estimate of drug-likeness (QED) is 0.299. The second-order valence-electron chi connectivity index (χ2n) is 8.09.